The summed E-state index contributed by atoms with van der Waals surface area (Å²) in [5, 5.41) is 18.0. The van der Waals surface area contributed by atoms with Crippen molar-refractivity contribution in [1.29, 1.82) is 0 Å². The van der Waals surface area contributed by atoms with Crippen LogP contribution in [0, 0.1) is 6.92 Å². The number of nitrogens with one attached hydrogen (secondary N) is 1. The molecule has 0 unspecified atom stereocenters. The third kappa shape index (κ3) is 2.38. The fourth-order valence-electron chi connectivity index (χ4n) is 2.21. The van der Waals surface area contributed by atoms with Gasteiger partial charge in [-0.05, 0) is 38.4 Å². The molecule has 0 amide bonds. The number of piperidine rings is 1. The molecule has 1 aliphatic rings. The van der Waals surface area contributed by atoms with Gasteiger partial charge >= 0.3 is 0 Å². The molecule has 0 radical (unpaired) electrons. The fraction of sp³-hybridized carbons (Fsp3) is 0.727. The summed E-state index contributed by atoms with van der Waals surface area (Å²) in [5.74, 6) is 0. The van der Waals surface area contributed by atoms with Crippen LogP contribution < -0.4 is 5.32 Å². The molecule has 0 aliphatic carbocycles. The Hall–Kier alpha value is -0.870. The van der Waals surface area contributed by atoms with Crippen molar-refractivity contribution < 1.29 is 5.11 Å². The van der Waals surface area contributed by atoms with Gasteiger partial charge in [-0.25, -0.2) is 0 Å². The van der Waals surface area contributed by atoms with Gasteiger partial charge in [0, 0.05) is 19.7 Å². The number of aliphatic hydroxyl groups is 1. The predicted octanol–water partition coefficient (Wildman–Crippen LogP) is 0.386. The highest BCUT2D eigenvalue weighted by Gasteiger charge is 2.30. The summed E-state index contributed by atoms with van der Waals surface area (Å²) in [6.45, 7) is 3.86. The van der Waals surface area contributed by atoms with E-state index in [-0.39, 0.29) is 0 Å². The Morgan fingerprint density at radius 1 is 1.53 bits per heavy atom. The van der Waals surface area contributed by atoms with Gasteiger partial charge in [-0.3, -0.25) is 4.68 Å². The van der Waals surface area contributed by atoms with Crippen LogP contribution in [0.15, 0.2) is 6.20 Å². The molecule has 0 saturated carbocycles. The number of rotatable bonds is 2. The van der Waals surface area contributed by atoms with Crippen molar-refractivity contribution >= 4 is 0 Å². The average Bonchev–Trinajstić information content (AvgIpc) is 2.45. The number of hydrogen-bond acceptors (Lipinski definition) is 3. The first-order valence-corrected chi connectivity index (χ1v) is 5.51. The minimum Gasteiger partial charge on any atom is -0.389 e. The standard InChI is InChI=1S/C11H19N3O/c1-9-8-14(2)13-10(9)7-11(15)3-5-12-6-4-11/h8,12,15H,3-7H2,1-2H3. The van der Waals surface area contributed by atoms with E-state index in [1.807, 2.05) is 24.9 Å². The molecule has 2 N–H and O–H groups in total. The first-order chi connectivity index (χ1) is 7.09. The van der Waals surface area contributed by atoms with Gasteiger partial charge in [0.05, 0.1) is 11.3 Å². The minimum atomic E-state index is -0.551. The van der Waals surface area contributed by atoms with Crippen molar-refractivity contribution in [3.05, 3.63) is 17.5 Å². The lowest BCUT2D eigenvalue weighted by molar-refractivity contribution is 0.00980. The molecule has 2 rings (SSSR count). The summed E-state index contributed by atoms with van der Waals surface area (Å²) >= 11 is 0. The summed E-state index contributed by atoms with van der Waals surface area (Å²) in [4.78, 5) is 0. The second kappa shape index (κ2) is 3.94. The van der Waals surface area contributed by atoms with Crippen molar-refractivity contribution in [1.82, 2.24) is 15.1 Å². The Balaban J connectivity index is 2.09. The zero-order valence-corrected chi connectivity index (χ0v) is 9.45. The van der Waals surface area contributed by atoms with E-state index in [1.165, 1.54) is 5.56 Å². The van der Waals surface area contributed by atoms with Gasteiger partial charge < -0.3 is 10.4 Å². The predicted molar refractivity (Wildman–Crippen MR) is 58.7 cm³/mol. The van der Waals surface area contributed by atoms with Crippen LogP contribution in [0.1, 0.15) is 24.1 Å². The molecule has 1 aliphatic heterocycles. The summed E-state index contributed by atoms with van der Waals surface area (Å²) < 4.78 is 1.81. The van der Waals surface area contributed by atoms with Crippen molar-refractivity contribution in [2.45, 2.75) is 31.8 Å². The number of hydrogen-bond donors (Lipinski definition) is 2. The first kappa shape index (κ1) is 10.6. The van der Waals surface area contributed by atoms with Gasteiger partial charge in [0.1, 0.15) is 0 Å². The maximum absolute atomic E-state index is 10.4. The number of nitrogens with zero attached hydrogens (tertiary/aromatic N) is 2. The Kier molecular flexibility index (Phi) is 2.80. The molecule has 4 nitrogen and oxygen atoms in total. The van der Waals surface area contributed by atoms with E-state index in [0.717, 1.165) is 31.6 Å². The second-order valence-electron chi connectivity index (χ2n) is 4.58. The highest BCUT2D eigenvalue weighted by atomic mass is 16.3. The van der Waals surface area contributed by atoms with Crippen LogP contribution in [0.25, 0.3) is 0 Å². The van der Waals surface area contributed by atoms with E-state index in [0.29, 0.717) is 6.42 Å². The maximum atomic E-state index is 10.4. The molecule has 0 aromatic carbocycles. The molecule has 0 spiro atoms. The maximum Gasteiger partial charge on any atom is 0.0728 e. The highest BCUT2D eigenvalue weighted by Crippen LogP contribution is 2.23. The Labute approximate surface area is 90.3 Å². The van der Waals surface area contributed by atoms with Crippen LogP contribution in [-0.4, -0.2) is 33.6 Å². The zero-order chi connectivity index (χ0) is 10.9. The van der Waals surface area contributed by atoms with Crippen LogP contribution in [0.2, 0.25) is 0 Å². The van der Waals surface area contributed by atoms with Crippen molar-refractivity contribution in [2.24, 2.45) is 7.05 Å². The lowest BCUT2D eigenvalue weighted by Crippen LogP contribution is -2.43. The van der Waals surface area contributed by atoms with E-state index in [9.17, 15) is 5.11 Å². The third-order valence-corrected chi connectivity index (χ3v) is 3.14. The molecule has 15 heavy (non-hydrogen) atoms. The Morgan fingerprint density at radius 2 is 2.20 bits per heavy atom. The van der Waals surface area contributed by atoms with Gasteiger partial charge in [-0.15, -0.1) is 0 Å². The second-order valence-corrected chi connectivity index (χ2v) is 4.58. The fourth-order valence-corrected chi connectivity index (χ4v) is 2.21. The smallest absolute Gasteiger partial charge is 0.0728 e. The van der Waals surface area contributed by atoms with Crippen molar-refractivity contribution in [2.75, 3.05) is 13.1 Å². The number of aryl methyl sites for hydroxylation is 2. The van der Waals surface area contributed by atoms with Crippen LogP contribution in [0.3, 0.4) is 0 Å². The molecular weight excluding hydrogens is 190 g/mol. The lowest BCUT2D eigenvalue weighted by atomic mass is 9.87. The SMILES string of the molecule is Cc1cn(C)nc1CC1(O)CCNCC1. The first-order valence-electron chi connectivity index (χ1n) is 5.51. The molecule has 84 valence electrons. The summed E-state index contributed by atoms with van der Waals surface area (Å²) in [5.41, 5.74) is 1.65. The van der Waals surface area contributed by atoms with Crippen LogP contribution in [0.5, 0.6) is 0 Å². The molecule has 1 aromatic heterocycles. The minimum absolute atomic E-state index is 0.551. The topological polar surface area (TPSA) is 50.1 Å². The molecule has 4 heteroatoms. The van der Waals surface area contributed by atoms with E-state index in [4.69, 9.17) is 0 Å². The van der Waals surface area contributed by atoms with Crippen molar-refractivity contribution in [3.63, 3.8) is 0 Å². The molecule has 0 bridgehead atoms. The Morgan fingerprint density at radius 3 is 2.73 bits per heavy atom. The van der Waals surface area contributed by atoms with Crippen molar-refractivity contribution in [3.8, 4) is 0 Å². The van der Waals surface area contributed by atoms with Crippen LogP contribution in [0.4, 0.5) is 0 Å². The van der Waals surface area contributed by atoms with Gasteiger partial charge in [0.15, 0.2) is 0 Å². The molecule has 0 atom stereocenters. The summed E-state index contributed by atoms with van der Waals surface area (Å²) in [6, 6.07) is 0. The van der Waals surface area contributed by atoms with E-state index < -0.39 is 5.60 Å². The lowest BCUT2D eigenvalue weighted by Gasteiger charge is -2.32. The van der Waals surface area contributed by atoms with E-state index in [2.05, 4.69) is 10.4 Å². The quantitative estimate of drug-likeness (QED) is 0.740. The normalized spacial score (nSPS) is 20.5. The monoisotopic (exact) mass is 209 g/mol. The van der Waals surface area contributed by atoms with Crippen LogP contribution >= 0.6 is 0 Å². The van der Waals surface area contributed by atoms with E-state index in [1.54, 1.807) is 0 Å². The number of aromatic nitrogens is 2. The largest absolute Gasteiger partial charge is 0.389 e. The third-order valence-electron chi connectivity index (χ3n) is 3.14. The molecular formula is C11H19N3O. The van der Waals surface area contributed by atoms with Gasteiger partial charge in [-0.1, -0.05) is 0 Å². The van der Waals surface area contributed by atoms with Crippen LogP contribution in [-0.2, 0) is 13.5 Å². The molecule has 1 saturated heterocycles. The van der Waals surface area contributed by atoms with Gasteiger partial charge in [-0.2, -0.15) is 5.10 Å². The van der Waals surface area contributed by atoms with Gasteiger partial charge in [0.2, 0.25) is 0 Å². The summed E-state index contributed by atoms with van der Waals surface area (Å²) in [6.07, 6.45) is 4.33. The molecule has 1 aromatic rings. The van der Waals surface area contributed by atoms with Gasteiger partial charge in [0.25, 0.3) is 0 Å². The average molecular weight is 209 g/mol. The highest BCUT2D eigenvalue weighted by molar-refractivity contribution is 5.17. The molecule has 2 heterocycles. The Bertz CT molecular complexity index is 340. The summed E-state index contributed by atoms with van der Waals surface area (Å²) in [7, 11) is 1.92. The van der Waals surface area contributed by atoms with E-state index >= 15 is 0 Å². The molecule has 1 fully saturated rings. The zero-order valence-electron chi connectivity index (χ0n) is 9.45.